The number of aliphatic hydroxyl groups excluding tert-OH is 13. The second-order valence-electron chi connectivity index (χ2n) is 22.9. The van der Waals surface area contributed by atoms with Crippen molar-refractivity contribution in [2.24, 2.45) is 40.4 Å². The van der Waals surface area contributed by atoms with Crippen LogP contribution in [-0.4, -0.2) is 227 Å². The van der Waals surface area contributed by atoms with Crippen molar-refractivity contribution in [2.75, 3.05) is 26.4 Å². The van der Waals surface area contributed by atoms with E-state index in [1.165, 1.54) is 0 Å². The first-order valence-electron chi connectivity index (χ1n) is 26.2. The third-order valence-electron chi connectivity index (χ3n) is 19.0. The highest BCUT2D eigenvalue weighted by atomic mass is 16.8. The molecule has 4 saturated heterocycles. The summed E-state index contributed by atoms with van der Waals surface area (Å²) in [6.07, 6.45) is -27.0. The van der Waals surface area contributed by atoms with Crippen LogP contribution in [0.3, 0.4) is 0 Å². The Hall–Kier alpha value is -1.89. The highest BCUT2D eigenvalue weighted by Gasteiger charge is 2.64. The highest BCUT2D eigenvalue weighted by molar-refractivity contribution is 5.21. The van der Waals surface area contributed by atoms with E-state index in [4.69, 9.17) is 37.9 Å². The van der Waals surface area contributed by atoms with Crippen molar-refractivity contribution in [3.05, 3.63) is 33.7 Å². The number of hydrogen-bond donors (Lipinski definition) is 14. The minimum Gasteiger partial charge on any atom is -0.394 e. The Morgan fingerprint density at radius 3 is 1.88 bits per heavy atom. The molecule has 416 valence electrons. The second kappa shape index (κ2) is 22.1. The maximum absolute atomic E-state index is 12.6. The Morgan fingerprint density at radius 2 is 1.19 bits per heavy atom. The zero-order valence-corrected chi connectivity index (χ0v) is 41.7. The first-order valence-corrected chi connectivity index (χ1v) is 26.2. The van der Waals surface area contributed by atoms with Gasteiger partial charge in [-0.25, -0.2) is 0 Å². The summed E-state index contributed by atoms with van der Waals surface area (Å²) in [5.41, 5.74) is 1.29. The lowest BCUT2D eigenvalue weighted by molar-refractivity contribution is -0.401. The van der Waals surface area contributed by atoms with Gasteiger partial charge in [-0.2, -0.15) is 0 Å². The summed E-state index contributed by atoms with van der Waals surface area (Å²) >= 11 is 0. The van der Waals surface area contributed by atoms with E-state index in [9.17, 15) is 71.2 Å². The second-order valence-corrected chi connectivity index (χ2v) is 22.9. The van der Waals surface area contributed by atoms with Crippen LogP contribution in [0.2, 0.25) is 0 Å². The molecule has 8 aliphatic rings. The molecule has 1 aromatic rings. The fourth-order valence-corrected chi connectivity index (χ4v) is 14.8. The zero-order chi connectivity index (χ0) is 52.6. The van der Waals surface area contributed by atoms with Gasteiger partial charge in [0.15, 0.2) is 25.2 Å². The van der Waals surface area contributed by atoms with E-state index < -0.39 is 149 Å². The van der Waals surface area contributed by atoms with Crippen LogP contribution < -0.4 is 5.56 Å². The average molecular weight is 1050 g/mol. The topological polar surface area (TPSA) is 370 Å². The molecule has 14 N–H and O–H groups in total. The number of H-pyrrole nitrogens is 1. The van der Waals surface area contributed by atoms with Crippen molar-refractivity contribution in [2.45, 2.75) is 214 Å². The molecule has 0 spiro atoms. The minimum atomic E-state index is -2.00. The van der Waals surface area contributed by atoms with Crippen molar-refractivity contribution in [3.8, 4) is 0 Å². The molecule has 29 atom stereocenters. The van der Waals surface area contributed by atoms with Gasteiger partial charge in [0.25, 0.3) is 5.56 Å². The molecule has 8 fully saturated rings. The number of aliphatic hydroxyl groups is 13. The van der Waals surface area contributed by atoms with Crippen LogP contribution in [0.5, 0.6) is 0 Å². The Balaban J connectivity index is 0.867. The Labute approximate surface area is 422 Å². The molecular weight excluding hydrogens is 967 g/mol. The maximum atomic E-state index is 12.6. The Bertz CT molecular complexity index is 2070. The van der Waals surface area contributed by atoms with Crippen LogP contribution in [0.25, 0.3) is 0 Å². The quantitative estimate of drug-likeness (QED) is 0.0861. The van der Waals surface area contributed by atoms with Crippen LogP contribution in [-0.2, 0) is 37.9 Å². The fourth-order valence-electron chi connectivity index (χ4n) is 14.8. The SMILES string of the molecule is Cc1ccc(C(C)[C@H]2C(O)C[C@H]3[C@@H]4CC[C@H]5CC(O[C@@H]6O[C@H](CO)[C@H](O[C@@H]7O[C@H](CO)[C@@H](O[C@@H]8OC[C@@H](O)[C@H](O)[C@H]8O)[C@H](O)[C@H]7O[C@@H]7O[C@H](CO)[C@@H](O)[C@H](O)[C@H]7O)[C@H](O)[C@H]6O)CC[C@]5(C)[C@H]4CC[C@]23C)[nH]c1=O. The van der Waals surface area contributed by atoms with E-state index in [-0.39, 0.29) is 40.2 Å². The molecule has 0 amide bonds. The maximum Gasteiger partial charge on any atom is 0.251 e. The molecule has 3 unspecified atom stereocenters. The number of rotatable bonds is 13. The third-order valence-corrected chi connectivity index (χ3v) is 19.0. The van der Waals surface area contributed by atoms with Crippen molar-refractivity contribution in [3.63, 3.8) is 0 Å². The number of pyridine rings is 1. The molecule has 0 radical (unpaired) electrons. The van der Waals surface area contributed by atoms with Crippen LogP contribution in [0.4, 0.5) is 0 Å². The lowest BCUT2D eigenvalue weighted by Crippen LogP contribution is -2.68. The van der Waals surface area contributed by atoms with Gasteiger partial charge in [0.2, 0.25) is 0 Å². The molecule has 73 heavy (non-hydrogen) atoms. The first-order chi connectivity index (χ1) is 34.6. The molecular formula is C50H79NO22. The summed E-state index contributed by atoms with van der Waals surface area (Å²) in [6.45, 7) is 5.64. The smallest absolute Gasteiger partial charge is 0.251 e. The number of fused-ring (bicyclic) bond motifs is 5. The van der Waals surface area contributed by atoms with Gasteiger partial charge in [0, 0.05) is 17.2 Å². The summed E-state index contributed by atoms with van der Waals surface area (Å²) in [5.74, 6) is 1.43. The number of ether oxygens (including phenoxy) is 8. The van der Waals surface area contributed by atoms with Crippen molar-refractivity contribution >= 4 is 0 Å². The highest BCUT2D eigenvalue weighted by Crippen LogP contribution is 2.69. The summed E-state index contributed by atoms with van der Waals surface area (Å²) in [5, 5.41) is 141. The van der Waals surface area contributed by atoms with Gasteiger partial charge in [-0.1, -0.05) is 26.8 Å². The van der Waals surface area contributed by atoms with E-state index in [0.29, 0.717) is 36.2 Å². The van der Waals surface area contributed by atoms with Gasteiger partial charge in [0.05, 0.1) is 38.6 Å². The van der Waals surface area contributed by atoms with E-state index in [0.717, 1.165) is 44.2 Å². The lowest BCUT2D eigenvalue weighted by Gasteiger charge is -2.61. The number of aromatic nitrogens is 1. The molecule has 9 rings (SSSR count). The van der Waals surface area contributed by atoms with Gasteiger partial charge in [0.1, 0.15) is 91.6 Å². The standard InChI is InChI=1S/C50H79NO22/c1-19-5-8-26(51-44(19)65)20(2)32-27(55)14-25-23-7-6-21-13-22(9-11-49(21,3)24(23)10-12-50(25,32)4)67-46-39(63)36(60)41(30(16-53)69-46)72-48-43(73-47-38(62)35(59)34(58)29(15-52)68-47)40(64)42(31(17-54)70-48)71-45-37(61)33(57)28(56)18-66-45/h5,8,20-25,27-43,45-48,52-64H,6-7,9-18H2,1-4H3,(H,51,65)/t20?,21-,22?,23+,24-,25-,27?,28+,29+,30+,31+,32-,33-,34+,35-,36+,37+,38+,39+,40-,41-,42+,43+,45-,46+,47-,48-,49-,50-/m0/s1. The molecule has 23 nitrogen and oxygen atoms in total. The van der Waals surface area contributed by atoms with E-state index in [2.05, 4.69) is 25.8 Å². The number of nitrogens with one attached hydrogen (secondary N) is 1. The lowest BCUT2D eigenvalue weighted by atomic mass is 9.44. The molecule has 0 bridgehead atoms. The van der Waals surface area contributed by atoms with Crippen molar-refractivity contribution in [1.29, 1.82) is 0 Å². The van der Waals surface area contributed by atoms with Gasteiger partial charge < -0.3 is 109 Å². The largest absolute Gasteiger partial charge is 0.394 e. The molecule has 4 saturated carbocycles. The van der Waals surface area contributed by atoms with Crippen LogP contribution in [0, 0.1) is 47.3 Å². The Morgan fingerprint density at radius 1 is 0.603 bits per heavy atom. The van der Waals surface area contributed by atoms with E-state index in [1.54, 1.807) is 6.92 Å². The number of aromatic amines is 1. The van der Waals surface area contributed by atoms with Gasteiger partial charge in [-0.05, 0) is 105 Å². The van der Waals surface area contributed by atoms with Crippen molar-refractivity contribution in [1.82, 2.24) is 4.98 Å². The normalized spacial score (nSPS) is 51.7. The van der Waals surface area contributed by atoms with Gasteiger partial charge in [-0.3, -0.25) is 4.79 Å². The Kier molecular flexibility index (Phi) is 16.9. The van der Waals surface area contributed by atoms with Gasteiger partial charge in [-0.15, -0.1) is 0 Å². The predicted molar refractivity (Wildman–Crippen MR) is 247 cm³/mol. The number of aryl methyl sites for hydroxylation is 1. The first kappa shape index (κ1) is 55.9. The van der Waals surface area contributed by atoms with Crippen LogP contribution in [0.15, 0.2) is 16.9 Å². The van der Waals surface area contributed by atoms with Gasteiger partial charge >= 0.3 is 0 Å². The van der Waals surface area contributed by atoms with E-state index >= 15 is 0 Å². The average Bonchev–Trinajstić information content (AvgIpc) is 3.65. The zero-order valence-electron chi connectivity index (χ0n) is 41.7. The summed E-state index contributed by atoms with van der Waals surface area (Å²) in [7, 11) is 0. The third kappa shape index (κ3) is 10.1. The molecule has 4 aliphatic carbocycles. The molecule has 1 aromatic heterocycles. The monoisotopic (exact) mass is 1050 g/mol. The molecule has 4 aliphatic heterocycles. The molecule has 5 heterocycles. The summed E-state index contributed by atoms with van der Waals surface area (Å²) < 4.78 is 47.4. The predicted octanol–water partition coefficient (Wildman–Crippen LogP) is -3.29. The van der Waals surface area contributed by atoms with Crippen LogP contribution in [0.1, 0.15) is 89.3 Å². The fraction of sp³-hybridized carbons (Fsp3) is 0.900. The van der Waals surface area contributed by atoms with E-state index in [1.807, 2.05) is 12.1 Å². The summed E-state index contributed by atoms with van der Waals surface area (Å²) in [6, 6.07) is 3.83. The minimum absolute atomic E-state index is 0.000134. The van der Waals surface area contributed by atoms with Crippen molar-refractivity contribution < 1.29 is 104 Å². The van der Waals surface area contributed by atoms with Crippen LogP contribution >= 0.6 is 0 Å². The molecule has 23 heteroatoms. The number of hydrogen-bond acceptors (Lipinski definition) is 22. The molecule has 0 aromatic carbocycles. The summed E-state index contributed by atoms with van der Waals surface area (Å²) in [4.78, 5) is 15.7.